The van der Waals surface area contributed by atoms with E-state index in [2.05, 4.69) is 6.92 Å². The van der Waals surface area contributed by atoms with Crippen LogP contribution in [0.25, 0.3) is 0 Å². The highest BCUT2D eigenvalue weighted by atomic mass is 32.2. The van der Waals surface area contributed by atoms with Gasteiger partial charge in [-0.2, -0.15) is 0 Å². The molecular formula is C16H22O4S. The fraction of sp³-hybridized carbons (Fsp3) is 0.562. The quantitative estimate of drug-likeness (QED) is 0.840. The molecule has 21 heavy (non-hydrogen) atoms. The lowest BCUT2D eigenvalue weighted by Gasteiger charge is -2.11. The zero-order chi connectivity index (χ0) is 15.6. The maximum atomic E-state index is 11.9. The molecule has 0 saturated heterocycles. The Morgan fingerprint density at radius 1 is 1.33 bits per heavy atom. The highest BCUT2D eigenvalue weighted by molar-refractivity contribution is 7.91. The van der Waals surface area contributed by atoms with Crippen LogP contribution in [0, 0.1) is 17.8 Å². The predicted octanol–water partition coefficient (Wildman–Crippen LogP) is 2.77. The number of aliphatic carboxylic acids is 1. The van der Waals surface area contributed by atoms with Gasteiger partial charge in [0.05, 0.1) is 16.6 Å². The van der Waals surface area contributed by atoms with E-state index in [0.29, 0.717) is 17.2 Å². The summed E-state index contributed by atoms with van der Waals surface area (Å²) in [6.07, 6.45) is 2.17. The van der Waals surface area contributed by atoms with Crippen molar-refractivity contribution in [3.05, 3.63) is 29.8 Å². The van der Waals surface area contributed by atoms with Gasteiger partial charge >= 0.3 is 5.97 Å². The summed E-state index contributed by atoms with van der Waals surface area (Å²) >= 11 is 0. The molecule has 1 fully saturated rings. The Morgan fingerprint density at radius 3 is 2.43 bits per heavy atom. The van der Waals surface area contributed by atoms with Gasteiger partial charge in [0.1, 0.15) is 0 Å². The normalized spacial score (nSPS) is 22.8. The molecule has 1 aromatic rings. The van der Waals surface area contributed by atoms with Crippen LogP contribution in [0.2, 0.25) is 0 Å². The second-order valence-electron chi connectivity index (χ2n) is 5.99. The van der Waals surface area contributed by atoms with Gasteiger partial charge < -0.3 is 5.11 Å². The Balaban J connectivity index is 1.99. The average molecular weight is 310 g/mol. The largest absolute Gasteiger partial charge is 0.481 e. The number of sulfone groups is 1. The maximum absolute atomic E-state index is 11.9. The van der Waals surface area contributed by atoms with Crippen molar-refractivity contribution in [1.29, 1.82) is 0 Å². The lowest BCUT2D eigenvalue weighted by atomic mass is 9.95. The van der Waals surface area contributed by atoms with E-state index >= 15 is 0 Å². The molecule has 3 atom stereocenters. The third kappa shape index (κ3) is 3.84. The highest BCUT2D eigenvalue weighted by Crippen LogP contribution is 2.45. The Hall–Kier alpha value is -1.36. The maximum Gasteiger partial charge on any atom is 0.306 e. The number of carboxylic acids is 1. The Morgan fingerprint density at radius 2 is 1.95 bits per heavy atom. The van der Waals surface area contributed by atoms with Crippen LogP contribution in [0.3, 0.4) is 0 Å². The number of hydrogen-bond acceptors (Lipinski definition) is 3. The molecule has 0 spiro atoms. The van der Waals surface area contributed by atoms with Crippen molar-refractivity contribution in [2.24, 2.45) is 17.8 Å². The molecule has 4 nitrogen and oxygen atoms in total. The smallest absolute Gasteiger partial charge is 0.306 e. The molecule has 1 aliphatic rings. The second-order valence-corrected chi connectivity index (χ2v) is 8.10. The fourth-order valence-electron chi connectivity index (χ4n) is 2.87. The first-order chi connectivity index (χ1) is 9.85. The minimum absolute atomic E-state index is 0.172. The van der Waals surface area contributed by atoms with E-state index < -0.39 is 15.8 Å². The molecule has 1 aliphatic carbocycles. The molecule has 0 radical (unpaired) electrons. The minimum Gasteiger partial charge on any atom is -0.481 e. The summed E-state index contributed by atoms with van der Waals surface area (Å²) in [5, 5.41) is 8.95. The van der Waals surface area contributed by atoms with Gasteiger partial charge in [-0.15, -0.1) is 0 Å². The zero-order valence-electron chi connectivity index (χ0n) is 12.5. The van der Waals surface area contributed by atoms with Crippen LogP contribution >= 0.6 is 0 Å². The zero-order valence-corrected chi connectivity index (χ0v) is 13.3. The molecule has 1 aromatic carbocycles. The van der Waals surface area contributed by atoms with Crippen molar-refractivity contribution in [3.63, 3.8) is 0 Å². The minimum atomic E-state index is -3.16. The molecule has 5 heteroatoms. The van der Waals surface area contributed by atoms with Crippen molar-refractivity contribution in [1.82, 2.24) is 0 Å². The van der Waals surface area contributed by atoms with Crippen molar-refractivity contribution < 1.29 is 18.3 Å². The lowest BCUT2D eigenvalue weighted by Crippen LogP contribution is -2.09. The van der Waals surface area contributed by atoms with Crippen LogP contribution in [0.5, 0.6) is 0 Å². The van der Waals surface area contributed by atoms with Gasteiger partial charge in [-0.05, 0) is 48.8 Å². The molecule has 1 N–H and O–H groups in total. The molecule has 0 heterocycles. The SMILES string of the molecule is CCCS(=O)(=O)c1ccc(CC(C)C2CC2C(=O)O)cc1. The predicted molar refractivity (Wildman–Crippen MR) is 80.9 cm³/mol. The third-order valence-electron chi connectivity index (χ3n) is 4.20. The third-order valence-corrected chi connectivity index (χ3v) is 6.14. The van der Waals surface area contributed by atoms with Gasteiger partial charge in [-0.3, -0.25) is 4.79 Å². The van der Waals surface area contributed by atoms with E-state index in [4.69, 9.17) is 5.11 Å². The number of benzene rings is 1. The topological polar surface area (TPSA) is 71.4 Å². The molecule has 3 unspecified atom stereocenters. The number of carboxylic acid groups (broad SMARTS) is 1. The van der Waals surface area contributed by atoms with Gasteiger partial charge in [0.15, 0.2) is 9.84 Å². The van der Waals surface area contributed by atoms with Crippen LogP contribution in [0.15, 0.2) is 29.2 Å². The standard InChI is InChI=1S/C16H22O4S/c1-3-8-21(19,20)13-6-4-12(5-7-13)9-11(2)14-10-15(14)16(17)18/h4-7,11,14-15H,3,8-10H2,1-2H3,(H,17,18). The van der Waals surface area contributed by atoms with Gasteiger partial charge in [0, 0.05) is 0 Å². The molecule has 0 aromatic heterocycles. The summed E-state index contributed by atoms with van der Waals surface area (Å²) in [5.41, 5.74) is 1.06. The van der Waals surface area contributed by atoms with Crippen molar-refractivity contribution >= 4 is 15.8 Å². The van der Waals surface area contributed by atoms with Gasteiger partial charge in [0.2, 0.25) is 0 Å². The number of carbonyl (C=O) groups is 1. The van der Waals surface area contributed by atoms with E-state index in [9.17, 15) is 13.2 Å². The van der Waals surface area contributed by atoms with Crippen molar-refractivity contribution in [2.45, 2.75) is 38.0 Å². The van der Waals surface area contributed by atoms with Gasteiger partial charge in [-0.25, -0.2) is 8.42 Å². The Bertz CT molecular complexity index is 604. The van der Waals surface area contributed by atoms with E-state index in [0.717, 1.165) is 18.4 Å². The van der Waals surface area contributed by atoms with Crippen LogP contribution in [-0.4, -0.2) is 25.2 Å². The molecule has 0 bridgehead atoms. The molecule has 2 rings (SSSR count). The average Bonchev–Trinajstić information content (AvgIpc) is 3.19. The Kier molecular flexibility index (Phi) is 4.71. The first kappa shape index (κ1) is 16.0. The fourth-order valence-corrected chi connectivity index (χ4v) is 4.19. The van der Waals surface area contributed by atoms with Crippen LogP contribution in [0.4, 0.5) is 0 Å². The molecule has 116 valence electrons. The summed E-state index contributed by atoms with van der Waals surface area (Å²) < 4.78 is 23.9. The summed E-state index contributed by atoms with van der Waals surface area (Å²) in [4.78, 5) is 11.2. The summed E-state index contributed by atoms with van der Waals surface area (Å²) in [6, 6.07) is 7.01. The summed E-state index contributed by atoms with van der Waals surface area (Å²) in [7, 11) is -3.16. The summed E-state index contributed by atoms with van der Waals surface area (Å²) in [6.45, 7) is 3.91. The van der Waals surface area contributed by atoms with Crippen LogP contribution < -0.4 is 0 Å². The van der Waals surface area contributed by atoms with Crippen LogP contribution in [0.1, 0.15) is 32.3 Å². The summed E-state index contributed by atoms with van der Waals surface area (Å²) in [5.74, 6) is -0.155. The van der Waals surface area contributed by atoms with Gasteiger partial charge in [-0.1, -0.05) is 26.0 Å². The van der Waals surface area contributed by atoms with E-state index in [-0.39, 0.29) is 17.6 Å². The van der Waals surface area contributed by atoms with Crippen molar-refractivity contribution in [3.8, 4) is 0 Å². The number of rotatable bonds is 7. The molecule has 0 aliphatic heterocycles. The number of hydrogen-bond donors (Lipinski definition) is 1. The lowest BCUT2D eigenvalue weighted by molar-refractivity contribution is -0.139. The Labute approximate surface area is 126 Å². The highest BCUT2D eigenvalue weighted by Gasteiger charge is 2.45. The molecular weight excluding hydrogens is 288 g/mol. The van der Waals surface area contributed by atoms with E-state index in [1.54, 1.807) is 12.1 Å². The second kappa shape index (κ2) is 6.18. The molecule has 0 amide bonds. The monoisotopic (exact) mass is 310 g/mol. The first-order valence-corrected chi connectivity index (χ1v) is 9.05. The van der Waals surface area contributed by atoms with E-state index in [1.807, 2.05) is 19.1 Å². The van der Waals surface area contributed by atoms with E-state index in [1.165, 1.54) is 0 Å². The van der Waals surface area contributed by atoms with Gasteiger partial charge in [0.25, 0.3) is 0 Å². The van der Waals surface area contributed by atoms with Crippen LogP contribution in [-0.2, 0) is 21.1 Å². The molecule has 1 saturated carbocycles. The van der Waals surface area contributed by atoms with Crippen molar-refractivity contribution in [2.75, 3.05) is 5.75 Å². The first-order valence-electron chi connectivity index (χ1n) is 7.39.